The molecule has 110 valence electrons. The molecule has 0 aromatic heterocycles. The third kappa shape index (κ3) is 4.99. The highest BCUT2D eigenvalue weighted by atomic mass is 32.2. The van der Waals surface area contributed by atoms with E-state index >= 15 is 0 Å². The first-order chi connectivity index (χ1) is 9.29. The molecule has 1 amide bonds. The second-order valence-electron chi connectivity index (χ2n) is 5.95. The molecular formula is C15H28N2OS. The molecule has 2 rings (SSSR count). The Morgan fingerprint density at radius 2 is 1.79 bits per heavy atom. The van der Waals surface area contributed by atoms with Gasteiger partial charge in [0.25, 0.3) is 0 Å². The maximum absolute atomic E-state index is 12.0. The van der Waals surface area contributed by atoms with Crippen LogP contribution >= 0.6 is 11.8 Å². The molecule has 2 atom stereocenters. The maximum atomic E-state index is 12.0. The van der Waals surface area contributed by atoms with E-state index < -0.39 is 0 Å². The van der Waals surface area contributed by atoms with E-state index in [0.717, 1.165) is 0 Å². The number of rotatable bonds is 5. The lowest BCUT2D eigenvalue weighted by Crippen LogP contribution is -2.44. The summed E-state index contributed by atoms with van der Waals surface area (Å²) < 4.78 is 0. The number of nitrogens with one attached hydrogen (secondary N) is 2. The van der Waals surface area contributed by atoms with Gasteiger partial charge in [0, 0.05) is 17.3 Å². The van der Waals surface area contributed by atoms with E-state index in [9.17, 15) is 4.79 Å². The number of carbonyl (C=O) groups is 1. The van der Waals surface area contributed by atoms with Gasteiger partial charge < -0.3 is 10.6 Å². The van der Waals surface area contributed by atoms with Crippen molar-refractivity contribution in [2.75, 3.05) is 12.8 Å². The van der Waals surface area contributed by atoms with Crippen molar-refractivity contribution in [3.05, 3.63) is 0 Å². The van der Waals surface area contributed by atoms with Crippen molar-refractivity contribution >= 4 is 17.7 Å². The van der Waals surface area contributed by atoms with Gasteiger partial charge in [0.15, 0.2) is 0 Å². The summed E-state index contributed by atoms with van der Waals surface area (Å²) in [6.45, 7) is 0.498. The third-order valence-corrected chi connectivity index (χ3v) is 5.67. The Hall–Kier alpha value is -0.220. The molecule has 19 heavy (non-hydrogen) atoms. The summed E-state index contributed by atoms with van der Waals surface area (Å²) in [4.78, 5) is 12.0. The van der Waals surface area contributed by atoms with Gasteiger partial charge in [0.05, 0.1) is 6.54 Å². The van der Waals surface area contributed by atoms with Crippen molar-refractivity contribution < 1.29 is 4.79 Å². The average molecular weight is 284 g/mol. The van der Waals surface area contributed by atoms with Crippen LogP contribution < -0.4 is 10.6 Å². The van der Waals surface area contributed by atoms with E-state index in [1.165, 1.54) is 57.8 Å². The van der Waals surface area contributed by atoms with Gasteiger partial charge in [0.1, 0.15) is 0 Å². The van der Waals surface area contributed by atoms with Crippen LogP contribution in [0.3, 0.4) is 0 Å². The van der Waals surface area contributed by atoms with Crippen LogP contribution in [0, 0.1) is 0 Å². The van der Waals surface area contributed by atoms with E-state index in [4.69, 9.17) is 0 Å². The van der Waals surface area contributed by atoms with Gasteiger partial charge in [-0.05, 0) is 31.9 Å². The van der Waals surface area contributed by atoms with E-state index in [2.05, 4.69) is 16.9 Å². The summed E-state index contributed by atoms with van der Waals surface area (Å²) in [6.07, 6.45) is 13.6. The minimum Gasteiger partial charge on any atom is -0.352 e. The minimum absolute atomic E-state index is 0.193. The lowest BCUT2D eigenvalue weighted by atomic mass is 10.1. The second kappa shape index (κ2) is 8.15. The fourth-order valence-corrected chi connectivity index (χ4v) is 4.33. The van der Waals surface area contributed by atoms with Crippen LogP contribution in [0.5, 0.6) is 0 Å². The SMILES string of the molecule is CSC1CCCC1NCC(=O)NC1CCCCCC1. The van der Waals surface area contributed by atoms with Gasteiger partial charge in [-0.3, -0.25) is 4.79 Å². The molecule has 0 saturated heterocycles. The zero-order chi connectivity index (χ0) is 13.5. The predicted octanol–water partition coefficient (Wildman–Crippen LogP) is 2.70. The highest BCUT2D eigenvalue weighted by molar-refractivity contribution is 7.99. The number of amides is 1. The van der Waals surface area contributed by atoms with Crippen molar-refractivity contribution in [3.8, 4) is 0 Å². The van der Waals surface area contributed by atoms with Gasteiger partial charge in [-0.1, -0.05) is 32.1 Å². The van der Waals surface area contributed by atoms with Crippen molar-refractivity contribution in [1.29, 1.82) is 0 Å². The smallest absolute Gasteiger partial charge is 0.234 e. The molecule has 2 aliphatic carbocycles. The molecule has 3 nitrogen and oxygen atoms in total. The molecule has 2 aliphatic rings. The Balaban J connectivity index is 1.66. The lowest BCUT2D eigenvalue weighted by Gasteiger charge is -2.21. The standard InChI is InChI=1S/C15H28N2OS/c1-19-14-10-6-9-13(14)16-11-15(18)17-12-7-4-2-3-5-8-12/h12-14,16H,2-11H2,1H3,(H,17,18). The number of hydrogen-bond donors (Lipinski definition) is 2. The van der Waals surface area contributed by atoms with E-state index in [1.807, 2.05) is 11.8 Å². The molecule has 2 saturated carbocycles. The number of thioether (sulfide) groups is 1. The zero-order valence-corrected chi connectivity index (χ0v) is 12.9. The first-order valence-corrected chi connectivity index (χ1v) is 9.14. The van der Waals surface area contributed by atoms with Crippen LogP contribution in [0.25, 0.3) is 0 Å². The van der Waals surface area contributed by atoms with Crippen molar-refractivity contribution in [3.63, 3.8) is 0 Å². The van der Waals surface area contributed by atoms with Crippen molar-refractivity contribution in [1.82, 2.24) is 10.6 Å². The van der Waals surface area contributed by atoms with Crippen LogP contribution in [-0.4, -0.2) is 36.0 Å². The molecule has 0 radical (unpaired) electrons. The highest BCUT2D eigenvalue weighted by Crippen LogP contribution is 2.28. The normalized spacial score (nSPS) is 29.1. The first kappa shape index (κ1) is 15.2. The molecule has 0 aliphatic heterocycles. The molecule has 0 spiro atoms. The van der Waals surface area contributed by atoms with Crippen LogP contribution in [-0.2, 0) is 4.79 Å². The van der Waals surface area contributed by atoms with E-state index in [1.54, 1.807) is 0 Å². The lowest BCUT2D eigenvalue weighted by molar-refractivity contribution is -0.121. The summed E-state index contributed by atoms with van der Waals surface area (Å²) in [6, 6.07) is 0.964. The Morgan fingerprint density at radius 1 is 1.05 bits per heavy atom. The Morgan fingerprint density at radius 3 is 2.47 bits per heavy atom. The van der Waals surface area contributed by atoms with Gasteiger partial charge >= 0.3 is 0 Å². The second-order valence-corrected chi connectivity index (χ2v) is 7.03. The Kier molecular flexibility index (Phi) is 6.51. The van der Waals surface area contributed by atoms with Gasteiger partial charge in [-0.2, -0.15) is 11.8 Å². The van der Waals surface area contributed by atoms with Crippen LogP contribution in [0.15, 0.2) is 0 Å². The molecular weight excluding hydrogens is 256 g/mol. The monoisotopic (exact) mass is 284 g/mol. The molecule has 0 bridgehead atoms. The van der Waals surface area contributed by atoms with E-state index in [-0.39, 0.29) is 5.91 Å². The Bertz CT molecular complexity index is 277. The molecule has 0 aromatic carbocycles. The molecule has 2 fully saturated rings. The minimum atomic E-state index is 0.193. The summed E-state index contributed by atoms with van der Waals surface area (Å²) in [5.74, 6) is 0.193. The predicted molar refractivity (Wildman–Crippen MR) is 82.6 cm³/mol. The molecule has 4 heteroatoms. The molecule has 2 unspecified atom stereocenters. The van der Waals surface area contributed by atoms with Crippen molar-refractivity contribution in [2.24, 2.45) is 0 Å². The van der Waals surface area contributed by atoms with E-state index in [0.29, 0.717) is 23.9 Å². The number of carbonyl (C=O) groups excluding carboxylic acids is 1. The fourth-order valence-electron chi connectivity index (χ4n) is 3.37. The summed E-state index contributed by atoms with van der Waals surface area (Å²) >= 11 is 1.94. The van der Waals surface area contributed by atoms with Crippen LogP contribution in [0.2, 0.25) is 0 Å². The average Bonchev–Trinajstić information content (AvgIpc) is 2.72. The number of hydrogen-bond acceptors (Lipinski definition) is 3. The summed E-state index contributed by atoms with van der Waals surface area (Å²) in [5.41, 5.74) is 0. The van der Waals surface area contributed by atoms with Crippen LogP contribution in [0.1, 0.15) is 57.8 Å². The highest BCUT2D eigenvalue weighted by Gasteiger charge is 2.26. The zero-order valence-electron chi connectivity index (χ0n) is 12.1. The van der Waals surface area contributed by atoms with Gasteiger partial charge in [-0.25, -0.2) is 0 Å². The maximum Gasteiger partial charge on any atom is 0.234 e. The molecule has 2 N–H and O–H groups in total. The largest absolute Gasteiger partial charge is 0.352 e. The summed E-state index contributed by atoms with van der Waals surface area (Å²) in [7, 11) is 0. The fraction of sp³-hybridized carbons (Fsp3) is 0.933. The van der Waals surface area contributed by atoms with Gasteiger partial charge in [-0.15, -0.1) is 0 Å². The molecule has 0 aromatic rings. The topological polar surface area (TPSA) is 41.1 Å². The summed E-state index contributed by atoms with van der Waals surface area (Å²) in [5, 5.41) is 7.36. The molecule has 0 heterocycles. The third-order valence-electron chi connectivity index (χ3n) is 4.50. The van der Waals surface area contributed by atoms with Gasteiger partial charge in [0.2, 0.25) is 5.91 Å². The first-order valence-electron chi connectivity index (χ1n) is 7.85. The van der Waals surface area contributed by atoms with Crippen LogP contribution in [0.4, 0.5) is 0 Å². The van der Waals surface area contributed by atoms with Crippen molar-refractivity contribution in [2.45, 2.75) is 75.1 Å². The quantitative estimate of drug-likeness (QED) is 0.763. The Labute approximate surface area is 121 Å².